The minimum absolute atomic E-state index is 0.0910. The Morgan fingerprint density at radius 2 is 2.12 bits per heavy atom. The molecule has 1 aromatic carbocycles. The molecule has 86 valence electrons. The molecule has 0 saturated heterocycles. The Kier molecular flexibility index (Phi) is 2.44. The first kappa shape index (κ1) is 10.1. The topological polar surface area (TPSA) is 39.4 Å². The zero-order valence-corrected chi connectivity index (χ0v) is 9.26. The van der Waals surface area contributed by atoms with Gasteiger partial charge in [0.2, 0.25) is 0 Å². The van der Waals surface area contributed by atoms with Gasteiger partial charge in [0.25, 0.3) is 0 Å². The Bertz CT molecular complexity index is 528. The number of Topliss-reactive ketones (excluding diaryl/α,β-unsaturated/α-hetero) is 1. The van der Waals surface area contributed by atoms with Gasteiger partial charge in [0.05, 0.1) is 24.4 Å². The Labute approximate surface area is 99.0 Å². The second-order valence-electron chi connectivity index (χ2n) is 4.20. The average Bonchev–Trinajstić information content (AvgIpc) is 2.91. The van der Waals surface area contributed by atoms with E-state index in [2.05, 4.69) is 0 Å². The molecule has 17 heavy (non-hydrogen) atoms. The summed E-state index contributed by atoms with van der Waals surface area (Å²) < 4.78 is 10.5. The van der Waals surface area contributed by atoms with Crippen molar-refractivity contribution in [3.63, 3.8) is 0 Å². The number of carbonyl (C=O) groups excluding carboxylic acids is 1. The van der Waals surface area contributed by atoms with E-state index in [0.29, 0.717) is 12.2 Å². The largest absolute Gasteiger partial charge is 0.493 e. The summed E-state index contributed by atoms with van der Waals surface area (Å²) in [5.74, 6) is 0.875. The van der Waals surface area contributed by atoms with Crippen LogP contribution in [0.5, 0.6) is 5.75 Å². The first-order valence-electron chi connectivity index (χ1n) is 5.62. The van der Waals surface area contributed by atoms with E-state index in [-0.39, 0.29) is 11.7 Å². The van der Waals surface area contributed by atoms with Crippen molar-refractivity contribution in [2.75, 3.05) is 6.61 Å². The quantitative estimate of drug-likeness (QED) is 0.742. The van der Waals surface area contributed by atoms with E-state index in [9.17, 15) is 4.79 Å². The zero-order valence-electron chi connectivity index (χ0n) is 9.26. The molecule has 1 aliphatic heterocycles. The highest BCUT2D eigenvalue weighted by Crippen LogP contribution is 2.28. The van der Waals surface area contributed by atoms with Crippen LogP contribution in [0.1, 0.15) is 15.9 Å². The lowest BCUT2D eigenvalue weighted by Gasteiger charge is -2.23. The maximum Gasteiger partial charge on any atom is 0.172 e. The van der Waals surface area contributed by atoms with Crippen molar-refractivity contribution < 1.29 is 13.9 Å². The summed E-state index contributed by atoms with van der Waals surface area (Å²) in [4.78, 5) is 12.1. The van der Waals surface area contributed by atoms with Gasteiger partial charge in [0.1, 0.15) is 12.0 Å². The van der Waals surface area contributed by atoms with Crippen LogP contribution in [0.15, 0.2) is 47.3 Å². The van der Waals surface area contributed by atoms with Crippen LogP contribution < -0.4 is 4.74 Å². The number of ketones is 1. The minimum atomic E-state index is -0.109. The van der Waals surface area contributed by atoms with Crippen molar-refractivity contribution in [2.45, 2.75) is 6.42 Å². The van der Waals surface area contributed by atoms with Crippen LogP contribution >= 0.6 is 0 Å². The summed E-state index contributed by atoms with van der Waals surface area (Å²) in [5, 5.41) is 0. The summed E-state index contributed by atoms with van der Waals surface area (Å²) in [6.45, 7) is 0.445. The van der Waals surface area contributed by atoms with Gasteiger partial charge in [-0.2, -0.15) is 0 Å². The van der Waals surface area contributed by atoms with Crippen molar-refractivity contribution in [3.05, 3.63) is 54.0 Å². The van der Waals surface area contributed by atoms with Crippen LogP contribution in [-0.4, -0.2) is 12.4 Å². The average molecular weight is 228 g/mol. The molecule has 0 N–H and O–H groups in total. The fourth-order valence-electron chi connectivity index (χ4n) is 2.14. The van der Waals surface area contributed by atoms with E-state index in [1.54, 1.807) is 6.07 Å². The second kappa shape index (κ2) is 4.09. The number of ether oxygens (including phenoxy) is 1. The van der Waals surface area contributed by atoms with Crippen LogP contribution in [0, 0.1) is 5.92 Å². The van der Waals surface area contributed by atoms with Gasteiger partial charge in [0, 0.05) is 0 Å². The van der Waals surface area contributed by atoms with Crippen LogP contribution in [-0.2, 0) is 6.42 Å². The maximum absolute atomic E-state index is 12.1. The number of rotatable bonds is 2. The third-order valence-corrected chi connectivity index (χ3v) is 3.06. The van der Waals surface area contributed by atoms with Crippen LogP contribution in [0.2, 0.25) is 0 Å². The van der Waals surface area contributed by atoms with Crippen LogP contribution in [0.4, 0.5) is 0 Å². The van der Waals surface area contributed by atoms with Crippen LogP contribution in [0.25, 0.3) is 0 Å². The number of benzene rings is 1. The Balaban J connectivity index is 1.83. The van der Waals surface area contributed by atoms with Crippen molar-refractivity contribution in [2.24, 2.45) is 5.92 Å². The summed E-state index contributed by atoms with van der Waals surface area (Å²) in [6.07, 6.45) is 3.74. The molecule has 3 heteroatoms. The Hall–Kier alpha value is -2.03. The lowest BCUT2D eigenvalue weighted by Crippen LogP contribution is -2.28. The van der Waals surface area contributed by atoms with Crippen molar-refractivity contribution in [1.82, 2.24) is 0 Å². The first-order chi connectivity index (χ1) is 8.34. The van der Waals surface area contributed by atoms with Crippen LogP contribution in [0.3, 0.4) is 0 Å². The molecule has 0 bridgehead atoms. The standard InChI is InChI=1S/C14H12O3/c15-14(11-5-6-16-8-11)12-7-10-3-1-2-4-13(10)17-9-12/h1-6,8,12H,7,9H2. The zero-order chi connectivity index (χ0) is 11.7. The molecule has 0 aliphatic carbocycles. The summed E-state index contributed by atoms with van der Waals surface area (Å²) in [6, 6.07) is 9.55. The molecule has 0 saturated carbocycles. The molecule has 0 spiro atoms. The second-order valence-corrected chi connectivity index (χ2v) is 4.20. The molecule has 0 amide bonds. The van der Waals surface area contributed by atoms with Gasteiger partial charge in [-0.25, -0.2) is 0 Å². The van der Waals surface area contributed by atoms with E-state index in [1.165, 1.54) is 12.5 Å². The molecule has 0 fully saturated rings. The highest BCUT2D eigenvalue weighted by atomic mass is 16.5. The lowest BCUT2D eigenvalue weighted by molar-refractivity contribution is 0.0854. The molecule has 0 radical (unpaired) electrons. The molecule has 1 unspecified atom stereocenters. The Morgan fingerprint density at radius 3 is 2.94 bits per heavy atom. The summed E-state index contributed by atoms with van der Waals surface area (Å²) >= 11 is 0. The van der Waals surface area contributed by atoms with Crippen molar-refractivity contribution >= 4 is 5.78 Å². The highest BCUT2D eigenvalue weighted by Gasteiger charge is 2.26. The van der Waals surface area contributed by atoms with E-state index < -0.39 is 0 Å². The lowest BCUT2D eigenvalue weighted by atomic mass is 9.91. The van der Waals surface area contributed by atoms with E-state index >= 15 is 0 Å². The molecule has 2 heterocycles. The molecule has 2 aromatic rings. The molecular formula is C14H12O3. The number of furan rings is 1. The Morgan fingerprint density at radius 1 is 1.24 bits per heavy atom. The predicted molar refractivity (Wildman–Crippen MR) is 62.2 cm³/mol. The number of para-hydroxylation sites is 1. The summed E-state index contributed by atoms with van der Waals surface area (Å²) in [5.41, 5.74) is 1.72. The summed E-state index contributed by atoms with van der Waals surface area (Å²) in [7, 11) is 0. The number of hydrogen-bond acceptors (Lipinski definition) is 3. The SMILES string of the molecule is O=C(c1ccoc1)C1COc2ccccc2C1. The molecule has 1 aliphatic rings. The van der Waals surface area contributed by atoms with Gasteiger partial charge >= 0.3 is 0 Å². The van der Waals surface area contributed by atoms with E-state index in [0.717, 1.165) is 17.7 Å². The van der Waals surface area contributed by atoms with Crippen molar-refractivity contribution in [1.29, 1.82) is 0 Å². The van der Waals surface area contributed by atoms with Gasteiger partial charge in [-0.3, -0.25) is 4.79 Å². The fraction of sp³-hybridized carbons (Fsp3) is 0.214. The smallest absolute Gasteiger partial charge is 0.172 e. The van der Waals surface area contributed by atoms with Gasteiger partial charge in [-0.1, -0.05) is 18.2 Å². The fourth-order valence-corrected chi connectivity index (χ4v) is 2.14. The van der Waals surface area contributed by atoms with Gasteiger partial charge < -0.3 is 9.15 Å². The number of hydrogen-bond donors (Lipinski definition) is 0. The predicted octanol–water partition coefficient (Wildman–Crippen LogP) is 2.71. The third-order valence-electron chi connectivity index (χ3n) is 3.06. The minimum Gasteiger partial charge on any atom is -0.493 e. The number of fused-ring (bicyclic) bond motifs is 1. The number of carbonyl (C=O) groups is 1. The van der Waals surface area contributed by atoms with Gasteiger partial charge in [0.15, 0.2) is 5.78 Å². The van der Waals surface area contributed by atoms with Crippen molar-refractivity contribution in [3.8, 4) is 5.75 Å². The first-order valence-corrected chi connectivity index (χ1v) is 5.62. The maximum atomic E-state index is 12.1. The van der Waals surface area contributed by atoms with E-state index in [4.69, 9.17) is 9.15 Å². The third kappa shape index (κ3) is 1.84. The molecular weight excluding hydrogens is 216 g/mol. The molecule has 1 atom stereocenters. The molecule has 3 rings (SSSR count). The monoisotopic (exact) mass is 228 g/mol. The van der Waals surface area contributed by atoms with Gasteiger partial charge in [-0.15, -0.1) is 0 Å². The normalized spacial score (nSPS) is 18.2. The van der Waals surface area contributed by atoms with E-state index in [1.807, 2.05) is 24.3 Å². The molecule has 3 nitrogen and oxygen atoms in total. The van der Waals surface area contributed by atoms with Gasteiger partial charge in [-0.05, 0) is 24.1 Å². The molecule has 1 aromatic heterocycles. The highest BCUT2D eigenvalue weighted by molar-refractivity contribution is 5.97.